The van der Waals surface area contributed by atoms with Gasteiger partial charge in [-0.1, -0.05) is 164 Å². The average Bonchev–Trinajstić information content (AvgIpc) is 1.03. The molecule has 15 rings (SSSR count). The van der Waals surface area contributed by atoms with Crippen LogP contribution in [0.2, 0.25) is 0 Å². The fourth-order valence-electron chi connectivity index (χ4n) is 11.0. The first-order chi connectivity index (χ1) is 44.1. The monoisotopic (exact) mass is 1150 g/mol. The number of hydrogen-bond acceptors (Lipinski definition) is 9. The predicted octanol–water partition coefficient (Wildman–Crippen LogP) is 19.5. The molecule has 426 valence electrons. The third kappa shape index (κ3) is 12.6. The number of rotatable bonds is 16. The Morgan fingerprint density at radius 1 is 0.180 bits per heavy atom. The number of nitrogens with zero attached hydrogens (tertiary/aromatic N) is 4. The number of fused-ring (bicyclic) bond motifs is 4. The first-order valence-electron chi connectivity index (χ1n) is 29.6. The maximum absolute atomic E-state index is 5.31. The van der Waals surface area contributed by atoms with E-state index in [1.165, 1.54) is 0 Å². The van der Waals surface area contributed by atoms with Crippen LogP contribution in [0.15, 0.2) is 328 Å². The smallest absolute Gasteiger partial charge is 0.239 e. The van der Waals surface area contributed by atoms with Crippen molar-refractivity contribution in [2.24, 2.45) is 0 Å². The zero-order valence-electron chi connectivity index (χ0n) is 48.5. The molecule has 0 spiro atoms. The largest absolute Gasteiger partial charge is 0.355 e. The van der Waals surface area contributed by atoms with Crippen molar-refractivity contribution in [3.63, 3.8) is 0 Å². The Labute approximate surface area is 516 Å². The molecule has 0 atom stereocenters. The van der Waals surface area contributed by atoms with Crippen LogP contribution in [0.4, 0.5) is 79.6 Å². The van der Waals surface area contributed by atoms with Crippen LogP contribution in [0.1, 0.15) is 0 Å². The molecule has 0 saturated carbocycles. The minimum atomic E-state index is 0.859. The van der Waals surface area contributed by atoms with Crippen LogP contribution in [0.25, 0.3) is 55.5 Å². The highest BCUT2D eigenvalue weighted by Gasteiger charge is 2.26. The normalized spacial score (nSPS) is 10.9. The molecule has 89 heavy (non-hydrogen) atoms. The first kappa shape index (κ1) is 54.6. The second kappa shape index (κ2) is 25.5. The lowest BCUT2D eigenvalue weighted by Crippen LogP contribution is -2.33. The third-order valence-electron chi connectivity index (χ3n) is 15.2. The summed E-state index contributed by atoms with van der Waals surface area (Å²) in [7, 11) is 0. The van der Waals surface area contributed by atoms with Crippen LogP contribution >= 0.6 is 0 Å². The predicted molar refractivity (Wildman–Crippen MR) is 370 cm³/mol. The Balaban J connectivity index is 0.000000158. The van der Waals surface area contributed by atoms with Crippen LogP contribution in [0, 0.1) is 0 Å². The van der Waals surface area contributed by atoms with E-state index >= 15 is 0 Å². The number of aromatic nitrogens is 4. The van der Waals surface area contributed by atoms with Crippen LogP contribution in [-0.4, -0.2) is 9.97 Å². The van der Waals surface area contributed by atoms with Gasteiger partial charge in [0, 0.05) is 94.0 Å². The first-order valence-corrected chi connectivity index (χ1v) is 29.6. The van der Waals surface area contributed by atoms with Gasteiger partial charge in [0.2, 0.25) is 33.4 Å². The van der Waals surface area contributed by atoms with Gasteiger partial charge < -0.3 is 37.2 Å². The quantitative estimate of drug-likeness (QED) is 0.0375. The summed E-state index contributed by atoms with van der Waals surface area (Å²) in [6.07, 6.45) is 0. The number of nitrogens with one attached hydrogen (secondary N) is 7. The van der Waals surface area contributed by atoms with E-state index in [4.69, 9.17) is 9.97 Å². The molecule has 11 heteroatoms. The Bertz CT molecular complexity index is 4740. The molecule has 0 radical (unpaired) electrons. The molecule has 0 aliphatic carbocycles. The highest BCUT2D eigenvalue weighted by molar-refractivity contribution is 5.97. The fraction of sp³-hybridized carbons (Fsp3) is 0. The zero-order chi connectivity index (χ0) is 59.6. The number of para-hydroxylation sites is 9. The van der Waals surface area contributed by atoms with Crippen LogP contribution in [0.3, 0.4) is 0 Å². The number of anilines is 14. The molecule has 0 unspecified atom stereocenters. The molecule has 13 aromatic carbocycles. The van der Waals surface area contributed by atoms with E-state index in [9.17, 15) is 0 Å². The van der Waals surface area contributed by atoms with Gasteiger partial charge >= 0.3 is 0 Å². The molecule has 0 amide bonds. The maximum Gasteiger partial charge on any atom is 0.239 e. The molecule has 15 aromatic rings. The summed E-state index contributed by atoms with van der Waals surface area (Å²) in [5, 5.41) is 25.4. The Hall–Kier alpha value is -12.3. The molecule has 11 nitrogen and oxygen atoms in total. The minimum Gasteiger partial charge on any atom is -0.355 e. The van der Waals surface area contributed by atoms with Gasteiger partial charge in [-0.3, -0.25) is 0 Å². The van der Waals surface area contributed by atoms with Crippen LogP contribution in [0.5, 0.6) is 0 Å². The molecule has 0 aliphatic heterocycles. The van der Waals surface area contributed by atoms with Crippen molar-refractivity contribution < 1.29 is 9.13 Å². The van der Waals surface area contributed by atoms with E-state index in [1.54, 1.807) is 0 Å². The van der Waals surface area contributed by atoms with Crippen molar-refractivity contribution >= 4 is 124 Å². The molecular weight excluding hydrogens is 1090 g/mol. The second-order valence-electron chi connectivity index (χ2n) is 21.4. The van der Waals surface area contributed by atoms with Crippen molar-refractivity contribution in [3.8, 4) is 11.4 Å². The second-order valence-corrected chi connectivity index (χ2v) is 21.4. The highest BCUT2D eigenvalue weighted by atomic mass is 15.1. The summed E-state index contributed by atoms with van der Waals surface area (Å²) in [4.78, 5) is 10.5. The van der Waals surface area contributed by atoms with Crippen molar-refractivity contribution in [1.82, 2.24) is 9.97 Å². The lowest BCUT2D eigenvalue weighted by Gasteiger charge is -2.17. The summed E-state index contributed by atoms with van der Waals surface area (Å²) in [6.45, 7) is 0. The number of hydrogen-bond donors (Lipinski definition) is 7. The highest BCUT2D eigenvalue weighted by Crippen LogP contribution is 2.38. The van der Waals surface area contributed by atoms with E-state index in [0.717, 1.165) is 135 Å². The standard InChI is InChI=1S/C42H32N6.C36H27N5/c1-6-16-30(17-7-1)43-35-26-39-41(28-37(35)45-32-20-10-3-11-21-32)48(34-24-14-5-15-25-34)42-29-38(46-33-22-12-4-13-23-33)36(27-40(42)47-39)44-31-18-8-2-9-19-31;1-5-13-26(14-6-1)37-29-21-22-31-35(23-29)41(30-19-11-4-12-20-30)36-25-33(39-28-17-9-3-10-18-28)32(24-34(36)40-31)38-27-15-7-2-8-16-27/h1-29H,(H3,43,44,45,46,47);1-25H,(H2,37,38,39,40)/p+2. The molecule has 0 bridgehead atoms. The van der Waals surface area contributed by atoms with E-state index in [-0.39, 0.29) is 0 Å². The SMILES string of the molecule is c1ccc(Nc2cc3nc4cc(Nc5ccccc5)c(Nc5ccccc5)cc4[n+](-c4ccccc4)c3cc2Nc2ccccc2)cc1.c1ccc(Nc2ccc3nc4cc(Nc5ccccc5)c(Nc5ccccc5)cc4[n+](-c4ccccc4)c3c2)cc1. The molecule has 0 aliphatic rings. The van der Waals surface area contributed by atoms with Crippen molar-refractivity contribution in [2.75, 3.05) is 37.2 Å². The summed E-state index contributed by atoms with van der Waals surface area (Å²) in [5.74, 6) is 0. The lowest BCUT2D eigenvalue weighted by atomic mass is 10.1. The Kier molecular flexibility index (Phi) is 15.6. The van der Waals surface area contributed by atoms with E-state index < -0.39 is 0 Å². The van der Waals surface area contributed by atoms with Gasteiger partial charge in [-0.15, -0.1) is 9.13 Å². The van der Waals surface area contributed by atoms with Gasteiger partial charge in [0.25, 0.3) is 0 Å². The van der Waals surface area contributed by atoms with Gasteiger partial charge in [0.05, 0.1) is 34.1 Å². The number of benzene rings is 13. The van der Waals surface area contributed by atoms with Gasteiger partial charge in [0.15, 0.2) is 0 Å². The van der Waals surface area contributed by atoms with Gasteiger partial charge in [-0.05, 0) is 115 Å². The zero-order valence-corrected chi connectivity index (χ0v) is 48.5. The van der Waals surface area contributed by atoms with Crippen LogP contribution in [-0.2, 0) is 0 Å². The molecular formula is C78H61N11+2. The Morgan fingerprint density at radius 2 is 0.404 bits per heavy atom. The molecule has 2 aromatic heterocycles. The van der Waals surface area contributed by atoms with Crippen LogP contribution < -0.4 is 46.4 Å². The summed E-state index contributed by atoms with van der Waals surface area (Å²) in [5.41, 5.74) is 23.3. The average molecular weight is 1150 g/mol. The maximum atomic E-state index is 5.31. The van der Waals surface area contributed by atoms with Crippen molar-refractivity contribution in [1.29, 1.82) is 0 Å². The van der Waals surface area contributed by atoms with Crippen molar-refractivity contribution in [2.45, 2.75) is 0 Å². The van der Waals surface area contributed by atoms with E-state index in [0.29, 0.717) is 0 Å². The van der Waals surface area contributed by atoms with Gasteiger partial charge in [-0.2, -0.15) is 0 Å². The van der Waals surface area contributed by atoms with Gasteiger partial charge in [-0.25, -0.2) is 9.97 Å². The summed E-state index contributed by atoms with van der Waals surface area (Å²) < 4.78 is 4.58. The topological polar surface area (TPSA) is 118 Å². The third-order valence-corrected chi connectivity index (χ3v) is 15.2. The summed E-state index contributed by atoms with van der Waals surface area (Å²) >= 11 is 0. The fourth-order valence-corrected chi connectivity index (χ4v) is 11.0. The van der Waals surface area contributed by atoms with E-state index in [1.807, 2.05) is 140 Å². The van der Waals surface area contributed by atoms with Crippen molar-refractivity contribution in [3.05, 3.63) is 328 Å². The molecule has 7 N–H and O–H groups in total. The molecule has 0 saturated heterocycles. The molecule has 0 fully saturated rings. The Morgan fingerprint density at radius 3 is 0.685 bits per heavy atom. The van der Waals surface area contributed by atoms with E-state index in [2.05, 4.69) is 234 Å². The lowest BCUT2D eigenvalue weighted by molar-refractivity contribution is -0.538. The summed E-state index contributed by atoms with van der Waals surface area (Å²) in [6, 6.07) is 112. The molecule has 2 heterocycles. The van der Waals surface area contributed by atoms with Gasteiger partial charge in [0.1, 0.15) is 22.1 Å². The minimum absolute atomic E-state index is 0.859.